The van der Waals surface area contributed by atoms with E-state index in [-0.39, 0.29) is 23.7 Å². The van der Waals surface area contributed by atoms with E-state index >= 15 is 0 Å². The summed E-state index contributed by atoms with van der Waals surface area (Å²) in [5.74, 6) is -0.345. The number of aryl methyl sites for hydroxylation is 1. The summed E-state index contributed by atoms with van der Waals surface area (Å²) in [5.41, 5.74) is 9.05. The number of hydrogen-bond donors (Lipinski definition) is 4. The number of aromatic nitrogens is 1. The fourth-order valence-corrected chi connectivity index (χ4v) is 4.09. The second-order valence-electron chi connectivity index (χ2n) is 8.05. The number of anilines is 3. The maximum absolute atomic E-state index is 12.6. The molecule has 0 aliphatic rings. The zero-order valence-electron chi connectivity index (χ0n) is 19.1. The lowest BCUT2D eigenvalue weighted by molar-refractivity contribution is 0.102. The predicted molar refractivity (Wildman–Crippen MR) is 135 cm³/mol. The number of rotatable bonds is 9. The third-order valence-electron chi connectivity index (χ3n) is 5.12. The van der Waals surface area contributed by atoms with E-state index in [0.717, 1.165) is 35.5 Å². The van der Waals surface area contributed by atoms with E-state index in [1.807, 2.05) is 38.5 Å². The Labute approximate surface area is 198 Å². The van der Waals surface area contributed by atoms with Crippen LogP contribution in [0.4, 0.5) is 21.2 Å². The van der Waals surface area contributed by atoms with Gasteiger partial charge in [-0.25, -0.2) is 4.79 Å². The van der Waals surface area contributed by atoms with Crippen molar-refractivity contribution >= 4 is 39.7 Å². The Hall–Kier alpha value is -3.43. The third kappa shape index (κ3) is 7.03. The molecular weight excluding hydrogens is 436 g/mol. The van der Waals surface area contributed by atoms with Crippen molar-refractivity contribution in [2.75, 3.05) is 37.0 Å². The van der Waals surface area contributed by atoms with Gasteiger partial charge < -0.3 is 21.3 Å². The van der Waals surface area contributed by atoms with Crippen LogP contribution in [0.2, 0.25) is 0 Å². The molecule has 1 unspecified atom stereocenters. The second-order valence-corrected chi connectivity index (χ2v) is 8.96. The van der Waals surface area contributed by atoms with Gasteiger partial charge >= 0.3 is 6.03 Å². The fourth-order valence-electron chi connectivity index (χ4n) is 3.27. The van der Waals surface area contributed by atoms with Gasteiger partial charge in [0.05, 0.1) is 22.4 Å². The summed E-state index contributed by atoms with van der Waals surface area (Å²) in [5, 5.41) is 11.5. The number of carbonyl (C=O) groups excluding carboxylic acids is 2. The molecule has 3 amide bonds. The zero-order valence-corrected chi connectivity index (χ0v) is 19.9. The Bertz CT molecular complexity index is 1080. The van der Waals surface area contributed by atoms with Crippen molar-refractivity contribution in [2.24, 2.45) is 0 Å². The smallest absolute Gasteiger partial charge is 0.320 e. The standard InChI is InChI=1S/C24H30N6O2S/c1-16-12-14-33-23(16)29-24(32)28-19(9-6-13-30(2)3)17-10-11-21(26-15-17)22(31)27-20-8-5-4-7-18(20)25/h4-5,7-8,10-12,14-15,19H,6,9,13,25H2,1-3H3,(H,27,31)(H2,28,29,32). The molecule has 0 aliphatic heterocycles. The number of hydrogen-bond acceptors (Lipinski definition) is 6. The number of nitrogens with one attached hydrogen (secondary N) is 3. The Morgan fingerprint density at radius 3 is 2.55 bits per heavy atom. The molecule has 2 aromatic heterocycles. The second kappa shape index (κ2) is 11.4. The largest absolute Gasteiger partial charge is 0.397 e. The Balaban J connectivity index is 1.69. The van der Waals surface area contributed by atoms with Crippen LogP contribution in [-0.4, -0.2) is 42.5 Å². The SMILES string of the molecule is Cc1ccsc1NC(=O)NC(CCCN(C)C)c1ccc(C(=O)Nc2ccccc2N)nc1. The Kier molecular flexibility index (Phi) is 8.39. The van der Waals surface area contributed by atoms with Crippen LogP contribution in [0.5, 0.6) is 0 Å². The lowest BCUT2D eigenvalue weighted by atomic mass is 10.0. The first-order chi connectivity index (χ1) is 15.8. The monoisotopic (exact) mass is 466 g/mol. The number of nitrogen functional groups attached to an aromatic ring is 1. The number of urea groups is 1. The third-order valence-corrected chi connectivity index (χ3v) is 6.05. The molecule has 0 bridgehead atoms. The molecule has 3 rings (SSSR count). The zero-order chi connectivity index (χ0) is 23.8. The minimum absolute atomic E-state index is 0.236. The molecule has 33 heavy (non-hydrogen) atoms. The van der Waals surface area contributed by atoms with E-state index in [4.69, 9.17) is 5.73 Å². The number of nitrogens with zero attached hydrogens (tertiary/aromatic N) is 2. The van der Waals surface area contributed by atoms with Crippen LogP contribution >= 0.6 is 11.3 Å². The number of benzene rings is 1. The van der Waals surface area contributed by atoms with Gasteiger partial charge in [0, 0.05) is 6.20 Å². The quantitative estimate of drug-likeness (QED) is 0.347. The van der Waals surface area contributed by atoms with Gasteiger partial charge in [-0.05, 0) is 81.2 Å². The van der Waals surface area contributed by atoms with Crippen molar-refractivity contribution in [3.8, 4) is 0 Å². The molecule has 2 heterocycles. The highest BCUT2D eigenvalue weighted by molar-refractivity contribution is 7.14. The molecule has 5 N–H and O–H groups in total. The first-order valence-electron chi connectivity index (χ1n) is 10.7. The molecule has 1 atom stereocenters. The molecule has 0 saturated carbocycles. The summed E-state index contributed by atoms with van der Waals surface area (Å²) in [6, 6.07) is 12.0. The van der Waals surface area contributed by atoms with Crippen LogP contribution in [0, 0.1) is 6.92 Å². The van der Waals surface area contributed by atoms with E-state index in [2.05, 4.69) is 25.8 Å². The van der Waals surface area contributed by atoms with E-state index in [9.17, 15) is 9.59 Å². The topological polar surface area (TPSA) is 112 Å². The van der Waals surface area contributed by atoms with E-state index in [1.165, 1.54) is 11.3 Å². The molecule has 3 aromatic rings. The van der Waals surface area contributed by atoms with Crippen LogP contribution in [0.15, 0.2) is 54.0 Å². The number of carbonyl (C=O) groups is 2. The molecule has 174 valence electrons. The lowest BCUT2D eigenvalue weighted by Crippen LogP contribution is -2.33. The molecule has 0 aliphatic carbocycles. The number of nitrogens with two attached hydrogens (primary N) is 1. The summed E-state index contributed by atoms with van der Waals surface area (Å²) < 4.78 is 0. The van der Waals surface area contributed by atoms with Crippen molar-refractivity contribution in [3.05, 3.63) is 70.9 Å². The predicted octanol–water partition coefficient (Wildman–Crippen LogP) is 4.49. The molecule has 8 nitrogen and oxygen atoms in total. The number of pyridine rings is 1. The van der Waals surface area contributed by atoms with Crippen LogP contribution in [0.25, 0.3) is 0 Å². The minimum atomic E-state index is -0.345. The maximum Gasteiger partial charge on any atom is 0.320 e. The Morgan fingerprint density at radius 1 is 1.12 bits per heavy atom. The van der Waals surface area contributed by atoms with Crippen molar-refractivity contribution < 1.29 is 9.59 Å². The van der Waals surface area contributed by atoms with Crippen LogP contribution in [0.3, 0.4) is 0 Å². The highest BCUT2D eigenvalue weighted by Crippen LogP contribution is 2.23. The van der Waals surface area contributed by atoms with Crippen molar-refractivity contribution in [1.29, 1.82) is 0 Å². The summed E-state index contributed by atoms with van der Waals surface area (Å²) in [6.07, 6.45) is 3.27. The van der Waals surface area contributed by atoms with E-state index in [1.54, 1.807) is 36.5 Å². The molecule has 0 radical (unpaired) electrons. The molecule has 0 fully saturated rings. The van der Waals surface area contributed by atoms with Gasteiger partial charge in [-0.3, -0.25) is 15.1 Å². The molecule has 0 spiro atoms. The van der Waals surface area contributed by atoms with Crippen LogP contribution in [-0.2, 0) is 0 Å². The minimum Gasteiger partial charge on any atom is -0.397 e. The van der Waals surface area contributed by atoms with E-state index in [0.29, 0.717) is 11.4 Å². The van der Waals surface area contributed by atoms with Crippen LogP contribution in [0.1, 0.15) is 40.5 Å². The van der Waals surface area contributed by atoms with Gasteiger partial charge in [0.1, 0.15) is 5.69 Å². The fraction of sp³-hybridized carbons (Fsp3) is 0.292. The summed E-state index contributed by atoms with van der Waals surface area (Å²) in [4.78, 5) is 31.6. The van der Waals surface area contributed by atoms with Gasteiger partial charge in [0.15, 0.2) is 0 Å². The number of para-hydroxylation sites is 2. The Morgan fingerprint density at radius 2 is 1.91 bits per heavy atom. The normalized spacial score (nSPS) is 11.8. The van der Waals surface area contributed by atoms with Crippen molar-refractivity contribution in [1.82, 2.24) is 15.2 Å². The average molecular weight is 467 g/mol. The van der Waals surface area contributed by atoms with Gasteiger partial charge in [-0.15, -0.1) is 11.3 Å². The first-order valence-corrected chi connectivity index (χ1v) is 11.6. The molecule has 9 heteroatoms. The summed E-state index contributed by atoms with van der Waals surface area (Å²) in [7, 11) is 4.03. The van der Waals surface area contributed by atoms with E-state index < -0.39 is 0 Å². The van der Waals surface area contributed by atoms with Gasteiger partial charge in [-0.1, -0.05) is 18.2 Å². The van der Waals surface area contributed by atoms with Crippen molar-refractivity contribution in [3.63, 3.8) is 0 Å². The molecular formula is C24H30N6O2S. The van der Waals surface area contributed by atoms with Gasteiger partial charge in [-0.2, -0.15) is 0 Å². The number of thiophene rings is 1. The maximum atomic E-state index is 12.6. The highest BCUT2D eigenvalue weighted by Gasteiger charge is 2.17. The molecule has 0 saturated heterocycles. The lowest BCUT2D eigenvalue weighted by Gasteiger charge is -2.20. The first kappa shape index (κ1) is 24.2. The van der Waals surface area contributed by atoms with Gasteiger partial charge in [0.25, 0.3) is 5.91 Å². The van der Waals surface area contributed by atoms with Crippen LogP contribution < -0.4 is 21.7 Å². The number of amides is 3. The summed E-state index contributed by atoms with van der Waals surface area (Å²) >= 11 is 1.49. The highest BCUT2D eigenvalue weighted by atomic mass is 32.1. The summed E-state index contributed by atoms with van der Waals surface area (Å²) in [6.45, 7) is 2.85. The average Bonchev–Trinajstić information content (AvgIpc) is 3.18. The molecule has 1 aromatic carbocycles. The van der Waals surface area contributed by atoms with Crippen molar-refractivity contribution in [2.45, 2.75) is 25.8 Å². The van der Waals surface area contributed by atoms with Gasteiger partial charge in [0.2, 0.25) is 0 Å².